The van der Waals surface area contributed by atoms with Gasteiger partial charge in [-0.05, 0) is 55.8 Å². The van der Waals surface area contributed by atoms with Gasteiger partial charge in [-0.2, -0.15) is 4.31 Å². The number of amides is 2. The van der Waals surface area contributed by atoms with Gasteiger partial charge in [0.1, 0.15) is 5.60 Å². The van der Waals surface area contributed by atoms with E-state index in [1.165, 1.54) is 6.07 Å². The van der Waals surface area contributed by atoms with Crippen molar-refractivity contribution in [1.29, 1.82) is 0 Å². The molecule has 0 aliphatic carbocycles. The number of hydrogen-bond acceptors (Lipinski definition) is 5. The zero-order valence-electron chi connectivity index (χ0n) is 16.3. The first kappa shape index (κ1) is 21.4. The molecule has 2 amide bonds. The zero-order chi connectivity index (χ0) is 21.4. The van der Waals surface area contributed by atoms with Gasteiger partial charge in [0, 0.05) is 11.6 Å². The highest BCUT2D eigenvalue weighted by atomic mass is 35.5. The predicted octanol–water partition coefficient (Wildman–Crippen LogP) is 2.77. The second-order valence-electron chi connectivity index (χ2n) is 7.65. The van der Waals surface area contributed by atoms with Crippen molar-refractivity contribution in [3.63, 3.8) is 0 Å². The molecule has 1 aliphatic rings. The van der Waals surface area contributed by atoms with Crippen LogP contribution < -0.4 is 5.43 Å². The third kappa shape index (κ3) is 4.98. The first-order valence-electron chi connectivity index (χ1n) is 8.95. The quantitative estimate of drug-likeness (QED) is 0.793. The predicted molar refractivity (Wildman–Crippen MR) is 109 cm³/mol. The van der Waals surface area contributed by atoms with E-state index in [0.717, 1.165) is 20.1 Å². The Morgan fingerprint density at radius 2 is 1.76 bits per heavy atom. The molecular weight excluding hydrogens is 418 g/mol. The summed E-state index contributed by atoms with van der Waals surface area (Å²) < 4.78 is 32.2. The largest absolute Gasteiger partial charge is 0.443 e. The number of hydrazine groups is 1. The number of benzene rings is 2. The van der Waals surface area contributed by atoms with Crippen molar-refractivity contribution in [2.75, 3.05) is 19.6 Å². The van der Waals surface area contributed by atoms with Crippen LogP contribution >= 0.6 is 11.6 Å². The van der Waals surface area contributed by atoms with Crippen LogP contribution in [0.5, 0.6) is 0 Å². The molecule has 10 heteroatoms. The number of rotatable bonds is 3. The molecule has 0 bridgehead atoms. The first-order valence-corrected chi connectivity index (χ1v) is 10.8. The lowest BCUT2D eigenvalue weighted by Crippen LogP contribution is -2.58. The van der Waals surface area contributed by atoms with Crippen LogP contribution in [-0.2, 0) is 19.6 Å². The molecule has 0 atom stereocenters. The average molecular weight is 440 g/mol. The van der Waals surface area contributed by atoms with Gasteiger partial charge in [-0.25, -0.2) is 23.6 Å². The smallest absolute Gasteiger partial charge is 0.426 e. The number of halogens is 1. The summed E-state index contributed by atoms with van der Waals surface area (Å²) >= 11 is 5.96. The summed E-state index contributed by atoms with van der Waals surface area (Å²) in [5, 5.41) is 3.18. The first-order chi connectivity index (χ1) is 13.5. The van der Waals surface area contributed by atoms with E-state index in [1.807, 2.05) is 0 Å². The SMILES string of the molecule is CC(C)(C)OC(=O)NN1CCN(S(=O)(=O)c2ccc3cc(Cl)ccc3c2)CC1=O. The Labute approximate surface area is 174 Å². The van der Waals surface area contributed by atoms with Gasteiger partial charge in [0.15, 0.2) is 0 Å². The van der Waals surface area contributed by atoms with Crippen LogP contribution in [0.2, 0.25) is 5.02 Å². The Balaban J connectivity index is 1.72. The Morgan fingerprint density at radius 1 is 1.10 bits per heavy atom. The minimum Gasteiger partial charge on any atom is -0.443 e. The van der Waals surface area contributed by atoms with E-state index >= 15 is 0 Å². The lowest BCUT2D eigenvalue weighted by Gasteiger charge is -2.33. The zero-order valence-corrected chi connectivity index (χ0v) is 17.9. The van der Waals surface area contributed by atoms with Crippen LogP contribution in [0.15, 0.2) is 41.3 Å². The topological polar surface area (TPSA) is 96.0 Å². The summed E-state index contributed by atoms with van der Waals surface area (Å²) in [6.07, 6.45) is -0.768. The highest BCUT2D eigenvalue weighted by molar-refractivity contribution is 7.89. The average Bonchev–Trinajstić information content (AvgIpc) is 2.61. The molecule has 2 aromatic rings. The van der Waals surface area contributed by atoms with Crippen LogP contribution in [0.25, 0.3) is 10.8 Å². The number of nitrogens with one attached hydrogen (secondary N) is 1. The molecule has 3 rings (SSSR count). The molecule has 0 spiro atoms. The summed E-state index contributed by atoms with van der Waals surface area (Å²) in [6, 6.07) is 9.89. The summed E-state index contributed by atoms with van der Waals surface area (Å²) in [4.78, 5) is 24.3. The summed E-state index contributed by atoms with van der Waals surface area (Å²) in [5.74, 6) is -0.543. The third-order valence-electron chi connectivity index (χ3n) is 4.22. The molecule has 2 aromatic carbocycles. The third-order valence-corrected chi connectivity index (χ3v) is 6.30. The minimum atomic E-state index is -3.87. The number of carbonyl (C=O) groups excluding carboxylic acids is 2. The van der Waals surface area contributed by atoms with Crippen molar-refractivity contribution < 1.29 is 22.7 Å². The van der Waals surface area contributed by atoms with Gasteiger partial charge >= 0.3 is 6.09 Å². The molecule has 156 valence electrons. The highest BCUT2D eigenvalue weighted by Gasteiger charge is 2.34. The molecule has 1 saturated heterocycles. The van der Waals surface area contributed by atoms with E-state index in [1.54, 1.807) is 51.1 Å². The molecule has 1 N–H and O–H groups in total. The molecule has 0 saturated carbocycles. The van der Waals surface area contributed by atoms with Crippen molar-refractivity contribution in [2.24, 2.45) is 0 Å². The second-order valence-corrected chi connectivity index (χ2v) is 10.0. The van der Waals surface area contributed by atoms with Gasteiger partial charge in [0.25, 0.3) is 5.91 Å². The van der Waals surface area contributed by atoms with E-state index < -0.39 is 27.6 Å². The van der Waals surface area contributed by atoms with Crippen molar-refractivity contribution in [3.05, 3.63) is 41.4 Å². The summed E-state index contributed by atoms with van der Waals surface area (Å²) in [6.45, 7) is 4.79. The van der Waals surface area contributed by atoms with Crippen molar-refractivity contribution in [2.45, 2.75) is 31.3 Å². The van der Waals surface area contributed by atoms with Crippen molar-refractivity contribution >= 4 is 44.4 Å². The molecular formula is C19H22ClN3O5S. The molecule has 1 aliphatic heterocycles. The fourth-order valence-electron chi connectivity index (χ4n) is 2.89. The molecule has 0 aromatic heterocycles. The van der Waals surface area contributed by atoms with Gasteiger partial charge in [-0.15, -0.1) is 0 Å². The molecule has 1 fully saturated rings. The molecule has 1 heterocycles. The number of ether oxygens (including phenoxy) is 1. The molecule has 8 nitrogen and oxygen atoms in total. The maximum Gasteiger partial charge on any atom is 0.426 e. The maximum atomic E-state index is 13.0. The van der Waals surface area contributed by atoms with Gasteiger partial charge in [-0.3, -0.25) is 4.79 Å². The number of nitrogens with zero attached hydrogens (tertiary/aromatic N) is 2. The monoisotopic (exact) mass is 439 g/mol. The molecule has 0 unspecified atom stereocenters. The summed E-state index contributed by atoms with van der Waals surface area (Å²) in [5.41, 5.74) is 1.65. The van der Waals surface area contributed by atoms with E-state index in [-0.39, 0.29) is 24.5 Å². The van der Waals surface area contributed by atoms with Crippen LogP contribution in [0.3, 0.4) is 0 Å². The van der Waals surface area contributed by atoms with Gasteiger partial charge in [0.2, 0.25) is 10.0 Å². The Morgan fingerprint density at radius 3 is 2.41 bits per heavy atom. The fourth-order valence-corrected chi connectivity index (χ4v) is 4.49. The standard InChI is InChI=1S/C19H22ClN3O5S/c1-19(2,3)28-18(25)21-23-9-8-22(12-17(23)24)29(26,27)16-7-5-13-10-15(20)6-4-14(13)11-16/h4-7,10-11H,8-9,12H2,1-3H3,(H,21,25). The number of piperazine rings is 1. The van der Waals surface area contributed by atoms with Crippen molar-refractivity contribution in [3.8, 4) is 0 Å². The molecule has 29 heavy (non-hydrogen) atoms. The second kappa shape index (κ2) is 7.81. The minimum absolute atomic E-state index is 0.0144. The number of sulfonamides is 1. The van der Waals surface area contributed by atoms with Gasteiger partial charge in [-0.1, -0.05) is 23.7 Å². The lowest BCUT2D eigenvalue weighted by atomic mass is 10.1. The number of fused-ring (bicyclic) bond motifs is 1. The Hall–Kier alpha value is -2.36. The molecule has 0 radical (unpaired) electrons. The maximum absolute atomic E-state index is 13.0. The Bertz CT molecular complexity index is 1070. The van der Waals surface area contributed by atoms with Crippen LogP contribution in [0.1, 0.15) is 20.8 Å². The van der Waals surface area contributed by atoms with E-state index in [2.05, 4.69) is 5.43 Å². The lowest BCUT2D eigenvalue weighted by molar-refractivity contribution is -0.137. The van der Waals surface area contributed by atoms with Crippen LogP contribution in [0.4, 0.5) is 4.79 Å². The highest BCUT2D eigenvalue weighted by Crippen LogP contribution is 2.25. The van der Waals surface area contributed by atoms with E-state index in [0.29, 0.717) is 5.02 Å². The van der Waals surface area contributed by atoms with Gasteiger partial charge < -0.3 is 4.74 Å². The normalized spacial score (nSPS) is 16.1. The van der Waals surface area contributed by atoms with Crippen LogP contribution in [0, 0.1) is 0 Å². The van der Waals surface area contributed by atoms with E-state index in [4.69, 9.17) is 16.3 Å². The Kier molecular flexibility index (Phi) is 5.75. The van der Waals surface area contributed by atoms with Crippen molar-refractivity contribution in [1.82, 2.24) is 14.7 Å². The number of hydrogen-bond donors (Lipinski definition) is 1. The van der Waals surface area contributed by atoms with Gasteiger partial charge in [0.05, 0.1) is 18.0 Å². The van der Waals surface area contributed by atoms with E-state index in [9.17, 15) is 18.0 Å². The summed E-state index contributed by atoms with van der Waals surface area (Å²) in [7, 11) is -3.87. The number of carbonyl (C=O) groups is 2. The fraction of sp³-hybridized carbons (Fsp3) is 0.368. The van der Waals surface area contributed by atoms with Crippen LogP contribution in [-0.4, -0.2) is 55.0 Å².